The maximum absolute atomic E-state index is 12.7. The first-order chi connectivity index (χ1) is 15.2. The number of likely N-dealkylation sites (tertiary alicyclic amines) is 1. The summed E-state index contributed by atoms with van der Waals surface area (Å²) in [6.07, 6.45) is 3.60. The molecule has 1 amide bonds. The van der Waals surface area contributed by atoms with Crippen molar-refractivity contribution in [1.82, 2.24) is 19.4 Å². The SMILES string of the molecule is O=C(Nc1nccs1)[C@H]1CCCN(Cc2nc3ccccc3n2-c2ccc(Br)cc2)C1. The van der Waals surface area contributed by atoms with Crippen LogP contribution in [0.2, 0.25) is 0 Å². The summed E-state index contributed by atoms with van der Waals surface area (Å²) in [6, 6.07) is 16.5. The van der Waals surface area contributed by atoms with Crippen LogP contribution in [0.25, 0.3) is 16.7 Å². The predicted molar refractivity (Wildman–Crippen MR) is 128 cm³/mol. The minimum absolute atomic E-state index is 0.0387. The number of fused-ring (bicyclic) bond motifs is 1. The largest absolute Gasteiger partial charge is 0.302 e. The molecule has 8 heteroatoms. The van der Waals surface area contributed by atoms with Crippen molar-refractivity contribution in [3.63, 3.8) is 0 Å². The van der Waals surface area contributed by atoms with E-state index in [2.05, 4.69) is 60.0 Å². The van der Waals surface area contributed by atoms with Crippen LogP contribution in [-0.4, -0.2) is 38.4 Å². The number of halogens is 1. The minimum Gasteiger partial charge on any atom is -0.302 e. The number of carbonyl (C=O) groups excluding carboxylic acids is 1. The van der Waals surface area contributed by atoms with Crippen molar-refractivity contribution in [1.29, 1.82) is 0 Å². The number of imidazole rings is 1. The van der Waals surface area contributed by atoms with E-state index in [9.17, 15) is 4.79 Å². The summed E-state index contributed by atoms with van der Waals surface area (Å²) in [4.78, 5) is 24.2. The maximum atomic E-state index is 12.7. The van der Waals surface area contributed by atoms with Gasteiger partial charge in [0.1, 0.15) is 5.82 Å². The lowest BCUT2D eigenvalue weighted by Crippen LogP contribution is -2.40. The molecule has 1 aliphatic heterocycles. The van der Waals surface area contributed by atoms with Crippen molar-refractivity contribution >= 4 is 49.3 Å². The third kappa shape index (κ3) is 4.42. The molecule has 2 aromatic carbocycles. The molecule has 5 rings (SSSR count). The van der Waals surface area contributed by atoms with Gasteiger partial charge in [0.25, 0.3) is 0 Å². The smallest absolute Gasteiger partial charge is 0.230 e. The van der Waals surface area contributed by atoms with Crippen LogP contribution in [0, 0.1) is 5.92 Å². The zero-order valence-corrected chi connectivity index (χ0v) is 19.3. The molecule has 0 aliphatic carbocycles. The quantitative estimate of drug-likeness (QED) is 0.418. The highest BCUT2D eigenvalue weighted by molar-refractivity contribution is 9.10. The van der Waals surface area contributed by atoms with Gasteiger partial charge in [0.2, 0.25) is 5.91 Å². The first-order valence-electron chi connectivity index (χ1n) is 10.3. The fraction of sp³-hybridized carbons (Fsp3) is 0.261. The number of piperidine rings is 1. The molecule has 158 valence electrons. The number of anilines is 1. The number of rotatable bonds is 5. The number of nitrogens with zero attached hydrogens (tertiary/aromatic N) is 4. The van der Waals surface area contributed by atoms with Crippen LogP contribution in [0.15, 0.2) is 64.6 Å². The van der Waals surface area contributed by atoms with Crippen LogP contribution in [-0.2, 0) is 11.3 Å². The van der Waals surface area contributed by atoms with E-state index in [4.69, 9.17) is 4.98 Å². The second-order valence-electron chi connectivity index (χ2n) is 7.73. The third-order valence-electron chi connectivity index (χ3n) is 5.62. The van der Waals surface area contributed by atoms with Gasteiger partial charge in [-0.2, -0.15) is 0 Å². The second-order valence-corrected chi connectivity index (χ2v) is 9.54. The first kappa shape index (κ1) is 20.4. The standard InChI is InChI=1S/C23H22BrN5OS/c24-17-7-9-18(10-8-17)29-20-6-2-1-5-19(20)26-21(29)15-28-12-3-4-16(14-28)22(30)27-23-25-11-13-31-23/h1-2,5-11,13,16H,3-4,12,14-15H2,(H,25,27,30)/t16-/m0/s1. The molecule has 1 fully saturated rings. The van der Waals surface area contributed by atoms with E-state index in [-0.39, 0.29) is 11.8 Å². The Hall–Kier alpha value is -2.55. The van der Waals surface area contributed by atoms with Crippen LogP contribution in [0.3, 0.4) is 0 Å². The van der Waals surface area contributed by atoms with E-state index in [0.29, 0.717) is 11.7 Å². The number of carbonyl (C=O) groups is 1. The van der Waals surface area contributed by atoms with Crippen LogP contribution in [0.1, 0.15) is 18.7 Å². The molecule has 1 saturated heterocycles. The molecule has 2 aromatic heterocycles. The second kappa shape index (κ2) is 8.90. The fourth-order valence-corrected chi connectivity index (χ4v) is 4.96. The zero-order valence-electron chi connectivity index (χ0n) is 16.9. The number of aromatic nitrogens is 3. The van der Waals surface area contributed by atoms with Gasteiger partial charge in [0, 0.05) is 28.3 Å². The van der Waals surface area contributed by atoms with Crippen molar-refractivity contribution in [2.75, 3.05) is 18.4 Å². The van der Waals surface area contributed by atoms with Crippen LogP contribution < -0.4 is 5.32 Å². The molecule has 1 aliphatic rings. The fourth-order valence-electron chi connectivity index (χ4n) is 4.17. The topological polar surface area (TPSA) is 63.1 Å². The molecule has 6 nitrogen and oxygen atoms in total. The number of hydrogen-bond donors (Lipinski definition) is 1. The molecule has 1 N–H and O–H groups in total. The lowest BCUT2D eigenvalue weighted by atomic mass is 9.97. The molecule has 0 bridgehead atoms. The van der Waals surface area contributed by atoms with E-state index < -0.39 is 0 Å². The molecule has 0 radical (unpaired) electrons. The van der Waals surface area contributed by atoms with Gasteiger partial charge in [-0.1, -0.05) is 28.1 Å². The number of para-hydroxylation sites is 2. The Bertz CT molecular complexity index is 1190. The summed E-state index contributed by atoms with van der Waals surface area (Å²) >= 11 is 4.97. The summed E-state index contributed by atoms with van der Waals surface area (Å²) in [5.74, 6) is 1.01. The summed E-state index contributed by atoms with van der Waals surface area (Å²) in [5, 5.41) is 5.49. The van der Waals surface area contributed by atoms with Crippen molar-refractivity contribution in [2.45, 2.75) is 19.4 Å². The Balaban J connectivity index is 1.39. The van der Waals surface area contributed by atoms with Gasteiger partial charge in [-0.25, -0.2) is 9.97 Å². The maximum Gasteiger partial charge on any atom is 0.230 e. The number of nitrogens with one attached hydrogen (secondary N) is 1. The lowest BCUT2D eigenvalue weighted by molar-refractivity contribution is -0.121. The van der Waals surface area contributed by atoms with E-state index in [1.54, 1.807) is 6.20 Å². The number of amides is 1. The predicted octanol–water partition coefficient (Wildman–Crippen LogP) is 5.10. The molecule has 31 heavy (non-hydrogen) atoms. The average molecular weight is 496 g/mol. The molecule has 0 spiro atoms. The van der Waals surface area contributed by atoms with Crippen molar-refractivity contribution < 1.29 is 4.79 Å². The van der Waals surface area contributed by atoms with Crippen LogP contribution in [0.5, 0.6) is 0 Å². The Kier molecular flexibility index (Phi) is 5.85. The van der Waals surface area contributed by atoms with Crippen LogP contribution >= 0.6 is 27.3 Å². The number of thiazole rings is 1. The Morgan fingerprint density at radius 2 is 2.03 bits per heavy atom. The van der Waals surface area contributed by atoms with E-state index in [1.165, 1.54) is 11.3 Å². The monoisotopic (exact) mass is 495 g/mol. The Labute approximate surface area is 193 Å². The third-order valence-corrected chi connectivity index (χ3v) is 6.84. The normalized spacial score (nSPS) is 17.1. The highest BCUT2D eigenvalue weighted by Crippen LogP contribution is 2.26. The van der Waals surface area contributed by atoms with Gasteiger partial charge < -0.3 is 5.32 Å². The molecular weight excluding hydrogens is 474 g/mol. The van der Waals surface area contributed by atoms with Crippen LogP contribution in [0.4, 0.5) is 5.13 Å². The van der Waals surface area contributed by atoms with Gasteiger partial charge in [-0.05, 0) is 55.8 Å². The molecule has 0 unspecified atom stereocenters. The lowest BCUT2D eigenvalue weighted by Gasteiger charge is -2.31. The van der Waals surface area contributed by atoms with Gasteiger partial charge in [-0.3, -0.25) is 14.3 Å². The minimum atomic E-state index is -0.0387. The van der Waals surface area contributed by atoms with Crippen molar-refractivity contribution in [3.8, 4) is 5.69 Å². The van der Waals surface area contributed by atoms with Gasteiger partial charge >= 0.3 is 0 Å². The van der Waals surface area contributed by atoms with Gasteiger partial charge in [0.15, 0.2) is 5.13 Å². The number of hydrogen-bond acceptors (Lipinski definition) is 5. The zero-order chi connectivity index (χ0) is 21.2. The Morgan fingerprint density at radius 3 is 2.84 bits per heavy atom. The summed E-state index contributed by atoms with van der Waals surface area (Å²) in [6.45, 7) is 2.39. The molecular formula is C23H22BrN5OS. The average Bonchev–Trinajstić information content (AvgIpc) is 3.42. The van der Waals surface area contributed by atoms with E-state index in [0.717, 1.165) is 52.9 Å². The van der Waals surface area contributed by atoms with Gasteiger partial charge in [-0.15, -0.1) is 11.3 Å². The Morgan fingerprint density at radius 1 is 1.19 bits per heavy atom. The molecule has 0 saturated carbocycles. The highest BCUT2D eigenvalue weighted by atomic mass is 79.9. The summed E-state index contributed by atoms with van der Waals surface area (Å²) < 4.78 is 3.27. The van der Waals surface area contributed by atoms with E-state index >= 15 is 0 Å². The first-order valence-corrected chi connectivity index (χ1v) is 12.0. The van der Waals surface area contributed by atoms with Crippen molar-refractivity contribution in [2.24, 2.45) is 5.92 Å². The van der Waals surface area contributed by atoms with Gasteiger partial charge in [0.05, 0.1) is 23.5 Å². The van der Waals surface area contributed by atoms with Crippen molar-refractivity contribution in [3.05, 3.63) is 70.4 Å². The molecule has 4 aromatic rings. The highest BCUT2D eigenvalue weighted by Gasteiger charge is 2.27. The molecule has 3 heterocycles. The summed E-state index contributed by atoms with van der Waals surface area (Å²) in [7, 11) is 0. The number of benzene rings is 2. The van der Waals surface area contributed by atoms with E-state index in [1.807, 2.05) is 29.6 Å². The summed E-state index contributed by atoms with van der Waals surface area (Å²) in [5.41, 5.74) is 3.16. The molecule has 1 atom stereocenters.